The lowest BCUT2D eigenvalue weighted by molar-refractivity contribution is 0.0981. The first kappa shape index (κ1) is 20.2. The minimum atomic E-state index is -3.75. The summed E-state index contributed by atoms with van der Waals surface area (Å²) in [5, 5.41) is 0. The predicted molar refractivity (Wildman–Crippen MR) is 120 cm³/mol. The van der Waals surface area contributed by atoms with Crippen LogP contribution in [-0.2, 0) is 16.4 Å². The van der Waals surface area contributed by atoms with Gasteiger partial charge in [-0.1, -0.05) is 42.0 Å². The number of anilines is 2. The number of hydrogen-bond acceptors (Lipinski definition) is 3. The summed E-state index contributed by atoms with van der Waals surface area (Å²) in [5.41, 5.74) is 4.64. The van der Waals surface area contributed by atoms with Gasteiger partial charge in [0.1, 0.15) is 0 Å². The lowest BCUT2D eigenvalue weighted by Crippen LogP contribution is -2.35. The van der Waals surface area contributed by atoms with Crippen LogP contribution >= 0.6 is 0 Å². The fourth-order valence-corrected chi connectivity index (χ4v) is 4.92. The summed E-state index contributed by atoms with van der Waals surface area (Å²) < 4.78 is 28.3. The molecule has 0 aromatic heterocycles. The number of nitrogens with zero attached hydrogens (tertiary/aromatic N) is 1. The Morgan fingerprint density at radius 2 is 1.70 bits per heavy atom. The van der Waals surface area contributed by atoms with Gasteiger partial charge in [0.15, 0.2) is 0 Å². The molecule has 0 fully saturated rings. The number of hydrogen-bond donors (Lipinski definition) is 1. The Kier molecular flexibility index (Phi) is 5.12. The van der Waals surface area contributed by atoms with Crippen molar-refractivity contribution >= 4 is 27.3 Å². The molecule has 5 nitrogen and oxygen atoms in total. The highest BCUT2D eigenvalue weighted by Crippen LogP contribution is 2.33. The van der Waals surface area contributed by atoms with E-state index < -0.39 is 10.0 Å². The smallest absolute Gasteiger partial charge is 0.261 e. The summed E-state index contributed by atoms with van der Waals surface area (Å²) >= 11 is 0. The van der Waals surface area contributed by atoms with Crippen LogP contribution in [-0.4, -0.2) is 20.4 Å². The van der Waals surface area contributed by atoms with Crippen LogP contribution in [0, 0.1) is 13.8 Å². The minimum absolute atomic E-state index is 0.0453. The molecule has 1 atom stereocenters. The van der Waals surface area contributed by atoms with Gasteiger partial charge in [-0.15, -0.1) is 0 Å². The maximum atomic E-state index is 13.3. The molecule has 30 heavy (non-hydrogen) atoms. The largest absolute Gasteiger partial charge is 0.305 e. The number of aryl methyl sites for hydroxylation is 2. The fraction of sp³-hybridized carbons (Fsp3) is 0.208. The van der Waals surface area contributed by atoms with Gasteiger partial charge in [-0.3, -0.25) is 9.52 Å². The third kappa shape index (κ3) is 3.71. The van der Waals surface area contributed by atoms with Crippen molar-refractivity contribution in [3.8, 4) is 0 Å². The maximum absolute atomic E-state index is 13.3. The average molecular weight is 421 g/mol. The van der Waals surface area contributed by atoms with Crippen molar-refractivity contribution in [3.05, 3.63) is 89.0 Å². The minimum Gasteiger partial charge on any atom is -0.305 e. The summed E-state index contributed by atoms with van der Waals surface area (Å²) in [5.74, 6) is -0.136. The molecule has 0 aliphatic carbocycles. The van der Waals surface area contributed by atoms with E-state index in [2.05, 4.69) is 4.72 Å². The van der Waals surface area contributed by atoms with Crippen molar-refractivity contribution in [1.29, 1.82) is 0 Å². The summed E-state index contributed by atoms with van der Waals surface area (Å²) in [6.45, 7) is 5.74. The molecule has 0 spiro atoms. The standard InChI is InChI=1S/C24H24N2O3S/c1-16-8-12-21(13-9-16)30(28,29)25-22-15-20(11-10-17(22)2)24(27)26-18(3)14-19-6-4-5-7-23(19)26/h4-13,15,18,25H,14H2,1-3H3/t18-/m1/s1. The van der Waals surface area contributed by atoms with E-state index in [0.717, 1.165) is 28.8 Å². The molecule has 1 heterocycles. The SMILES string of the molecule is Cc1ccc(S(=O)(=O)Nc2cc(C(=O)N3c4ccccc4C[C@H]3C)ccc2C)cc1. The quantitative estimate of drug-likeness (QED) is 0.666. The number of para-hydroxylation sites is 1. The molecule has 3 aromatic carbocycles. The summed E-state index contributed by atoms with van der Waals surface area (Å²) in [6.07, 6.45) is 0.806. The van der Waals surface area contributed by atoms with Gasteiger partial charge < -0.3 is 4.90 Å². The van der Waals surface area contributed by atoms with Crippen molar-refractivity contribution in [2.45, 2.75) is 38.1 Å². The van der Waals surface area contributed by atoms with E-state index in [1.807, 2.05) is 45.0 Å². The van der Waals surface area contributed by atoms with Gasteiger partial charge in [0, 0.05) is 17.3 Å². The molecule has 1 aliphatic heterocycles. The van der Waals surface area contributed by atoms with E-state index in [0.29, 0.717) is 11.3 Å². The third-order valence-electron chi connectivity index (χ3n) is 5.49. The number of carbonyl (C=O) groups excluding carboxylic acids is 1. The Balaban J connectivity index is 1.65. The molecule has 0 saturated heterocycles. The van der Waals surface area contributed by atoms with Crippen LogP contribution in [0.15, 0.2) is 71.6 Å². The molecule has 1 N–H and O–H groups in total. The van der Waals surface area contributed by atoms with Crippen LogP contribution < -0.4 is 9.62 Å². The first-order valence-electron chi connectivity index (χ1n) is 9.88. The van der Waals surface area contributed by atoms with Gasteiger partial charge in [0.25, 0.3) is 15.9 Å². The van der Waals surface area contributed by atoms with Crippen LogP contribution in [0.4, 0.5) is 11.4 Å². The van der Waals surface area contributed by atoms with Crippen LogP contribution in [0.25, 0.3) is 0 Å². The third-order valence-corrected chi connectivity index (χ3v) is 6.87. The van der Waals surface area contributed by atoms with E-state index in [1.165, 1.54) is 0 Å². The van der Waals surface area contributed by atoms with E-state index in [4.69, 9.17) is 0 Å². The molecule has 6 heteroatoms. The number of fused-ring (bicyclic) bond motifs is 1. The summed E-state index contributed by atoms with van der Waals surface area (Å²) in [7, 11) is -3.75. The maximum Gasteiger partial charge on any atom is 0.261 e. The second kappa shape index (κ2) is 7.61. The van der Waals surface area contributed by atoms with Crippen LogP contribution in [0.3, 0.4) is 0 Å². The van der Waals surface area contributed by atoms with Crippen LogP contribution in [0.1, 0.15) is 34.0 Å². The lowest BCUT2D eigenvalue weighted by Gasteiger charge is -2.23. The lowest BCUT2D eigenvalue weighted by atomic mass is 10.1. The molecule has 4 rings (SSSR count). The Bertz CT molecular complexity index is 1220. The monoisotopic (exact) mass is 420 g/mol. The van der Waals surface area contributed by atoms with Crippen molar-refractivity contribution in [1.82, 2.24) is 0 Å². The van der Waals surface area contributed by atoms with Gasteiger partial charge in [0.05, 0.1) is 10.6 Å². The second-order valence-electron chi connectivity index (χ2n) is 7.81. The molecule has 154 valence electrons. The molecule has 0 unspecified atom stereocenters. The molecule has 0 radical (unpaired) electrons. The highest BCUT2D eigenvalue weighted by atomic mass is 32.2. The van der Waals surface area contributed by atoms with Crippen molar-refractivity contribution in [3.63, 3.8) is 0 Å². The number of sulfonamides is 1. The van der Waals surface area contributed by atoms with Gasteiger partial charge in [0.2, 0.25) is 0 Å². The normalized spacial score (nSPS) is 15.7. The molecular formula is C24H24N2O3S. The zero-order valence-corrected chi connectivity index (χ0v) is 18.0. The van der Waals surface area contributed by atoms with Crippen molar-refractivity contribution in [2.24, 2.45) is 0 Å². The Hall–Kier alpha value is -3.12. The number of rotatable bonds is 4. The summed E-state index contributed by atoms with van der Waals surface area (Å²) in [4.78, 5) is 15.3. The Labute approximate surface area is 177 Å². The van der Waals surface area contributed by atoms with E-state index in [9.17, 15) is 13.2 Å². The predicted octanol–water partition coefficient (Wildman–Crippen LogP) is 4.70. The Morgan fingerprint density at radius 3 is 2.43 bits per heavy atom. The summed E-state index contributed by atoms with van der Waals surface area (Å²) in [6, 6.07) is 19.7. The van der Waals surface area contributed by atoms with E-state index in [-0.39, 0.29) is 16.8 Å². The zero-order valence-electron chi connectivity index (χ0n) is 17.2. The molecular weight excluding hydrogens is 396 g/mol. The molecule has 0 saturated carbocycles. The van der Waals surface area contributed by atoms with Crippen LogP contribution in [0.2, 0.25) is 0 Å². The molecule has 0 bridgehead atoms. The highest BCUT2D eigenvalue weighted by Gasteiger charge is 2.31. The second-order valence-corrected chi connectivity index (χ2v) is 9.49. The van der Waals surface area contributed by atoms with Crippen LogP contribution in [0.5, 0.6) is 0 Å². The van der Waals surface area contributed by atoms with Crippen molar-refractivity contribution < 1.29 is 13.2 Å². The van der Waals surface area contributed by atoms with Gasteiger partial charge in [-0.25, -0.2) is 8.42 Å². The fourth-order valence-electron chi connectivity index (χ4n) is 3.80. The zero-order chi connectivity index (χ0) is 21.5. The first-order chi connectivity index (χ1) is 14.3. The number of benzene rings is 3. The average Bonchev–Trinajstić information content (AvgIpc) is 3.05. The molecule has 1 amide bonds. The molecule has 1 aliphatic rings. The first-order valence-corrected chi connectivity index (χ1v) is 11.4. The number of carbonyl (C=O) groups is 1. The molecule has 3 aromatic rings. The number of amides is 1. The topological polar surface area (TPSA) is 66.5 Å². The van der Waals surface area contributed by atoms with Crippen molar-refractivity contribution in [2.75, 3.05) is 9.62 Å². The van der Waals surface area contributed by atoms with Gasteiger partial charge in [-0.2, -0.15) is 0 Å². The van der Waals surface area contributed by atoms with E-state index >= 15 is 0 Å². The Morgan fingerprint density at radius 1 is 1.00 bits per heavy atom. The van der Waals surface area contributed by atoms with E-state index in [1.54, 1.807) is 47.4 Å². The van der Waals surface area contributed by atoms with Gasteiger partial charge >= 0.3 is 0 Å². The van der Waals surface area contributed by atoms with Gasteiger partial charge in [-0.05, 0) is 68.7 Å². The highest BCUT2D eigenvalue weighted by molar-refractivity contribution is 7.92. The number of nitrogens with one attached hydrogen (secondary N) is 1.